The molecule has 0 rings (SSSR count). The number of hydrogen-bond acceptors (Lipinski definition) is 5. The predicted molar refractivity (Wildman–Crippen MR) is 83.4 cm³/mol. The summed E-state index contributed by atoms with van der Waals surface area (Å²) in [7, 11) is -2.74. The van der Waals surface area contributed by atoms with Crippen LogP contribution in [0.3, 0.4) is 0 Å². The molecule has 0 aromatic heterocycles. The van der Waals surface area contributed by atoms with E-state index in [1.807, 2.05) is 41.5 Å². The molecule has 6 heteroatoms. The fraction of sp³-hybridized carbons (Fsp3) is 0.923. The zero-order valence-corrected chi connectivity index (χ0v) is 15.0. The molecule has 0 bridgehead atoms. The Morgan fingerprint density at radius 2 is 1.26 bits per heavy atom. The number of rotatable bonds is 9. The number of thiocarbonyl (C=S) groups is 1. The summed E-state index contributed by atoms with van der Waals surface area (Å²) in [5.74, 6) is 0. The van der Waals surface area contributed by atoms with Crippen molar-refractivity contribution in [3.05, 3.63) is 0 Å². The molecule has 0 unspecified atom stereocenters. The third-order valence-corrected chi connectivity index (χ3v) is 5.39. The molecule has 0 aliphatic carbocycles. The van der Waals surface area contributed by atoms with Gasteiger partial charge in [0.1, 0.15) is 0 Å². The first-order valence-electron chi connectivity index (χ1n) is 6.83. The van der Waals surface area contributed by atoms with Crippen LogP contribution in [0.5, 0.6) is 0 Å². The normalized spacial score (nSPS) is 12.5. The minimum atomic E-state index is -2.74. The standard InChI is InChI=1S/C13H28O4SSi/c1-10(2)15-19(16-11(3)4,17-12(5)6)9-8-14-13(7)18/h10-12H,8-9H2,1-7H3. The van der Waals surface area contributed by atoms with Gasteiger partial charge in [-0.3, -0.25) is 0 Å². The van der Waals surface area contributed by atoms with Gasteiger partial charge in [0.15, 0.2) is 5.05 Å². The SMILES string of the molecule is CC(=S)OCC[Si](OC(C)C)(OC(C)C)OC(C)C. The van der Waals surface area contributed by atoms with E-state index in [0.29, 0.717) is 17.7 Å². The van der Waals surface area contributed by atoms with Crippen LogP contribution in [0.1, 0.15) is 48.5 Å². The maximum absolute atomic E-state index is 6.01. The lowest BCUT2D eigenvalue weighted by atomic mass is 10.5. The predicted octanol–water partition coefficient (Wildman–Crippen LogP) is 3.56. The van der Waals surface area contributed by atoms with Crippen LogP contribution >= 0.6 is 12.2 Å². The van der Waals surface area contributed by atoms with Crippen molar-refractivity contribution in [1.29, 1.82) is 0 Å². The van der Waals surface area contributed by atoms with E-state index < -0.39 is 8.80 Å². The summed E-state index contributed by atoms with van der Waals surface area (Å²) in [6.45, 7) is 14.1. The molecule has 0 saturated carbocycles. The topological polar surface area (TPSA) is 36.9 Å². The lowest BCUT2D eigenvalue weighted by Gasteiger charge is -2.34. The van der Waals surface area contributed by atoms with E-state index in [2.05, 4.69) is 0 Å². The van der Waals surface area contributed by atoms with Gasteiger partial charge in [-0.2, -0.15) is 0 Å². The minimum absolute atomic E-state index is 0.0535. The Morgan fingerprint density at radius 1 is 0.895 bits per heavy atom. The molecule has 114 valence electrons. The minimum Gasteiger partial charge on any atom is -0.487 e. The highest BCUT2D eigenvalue weighted by Gasteiger charge is 2.44. The third kappa shape index (κ3) is 9.51. The van der Waals surface area contributed by atoms with Gasteiger partial charge in [-0.1, -0.05) is 0 Å². The first kappa shape index (κ1) is 19.0. The van der Waals surface area contributed by atoms with Crippen molar-refractivity contribution >= 4 is 26.1 Å². The highest BCUT2D eigenvalue weighted by Crippen LogP contribution is 2.22. The van der Waals surface area contributed by atoms with Crippen LogP contribution in [0.4, 0.5) is 0 Å². The van der Waals surface area contributed by atoms with Gasteiger partial charge in [-0.15, -0.1) is 0 Å². The van der Waals surface area contributed by atoms with Crippen molar-refractivity contribution in [2.75, 3.05) is 6.61 Å². The lowest BCUT2D eigenvalue weighted by molar-refractivity contribution is 0.000868. The number of ether oxygens (including phenoxy) is 1. The molecule has 0 heterocycles. The van der Waals surface area contributed by atoms with E-state index in [-0.39, 0.29) is 18.3 Å². The molecular formula is C13H28O4SSi. The van der Waals surface area contributed by atoms with Crippen LogP contribution in [-0.4, -0.2) is 38.8 Å². The van der Waals surface area contributed by atoms with Gasteiger partial charge in [0, 0.05) is 25.2 Å². The second-order valence-corrected chi connectivity index (χ2v) is 8.42. The van der Waals surface area contributed by atoms with Crippen molar-refractivity contribution in [1.82, 2.24) is 0 Å². The molecule has 0 aromatic rings. The van der Waals surface area contributed by atoms with E-state index in [9.17, 15) is 0 Å². The Morgan fingerprint density at radius 3 is 1.53 bits per heavy atom. The monoisotopic (exact) mass is 308 g/mol. The smallest absolute Gasteiger partial charge is 0.487 e. The average molecular weight is 309 g/mol. The molecule has 0 aliphatic rings. The summed E-state index contributed by atoms with van der Waals surface area (Å²) >= 11 is 4.92. The Labute approximate surface area is 124 Å². The molecule has 4 nitrogen and oxygen atoms in total. The lowest BCUT2D eigenvalue weighted by Crippen LogP contribution is -2.51. The molecule has 0 saturated heterocycles. The van der Waals surface area contributed by atoms with Gasteiger partial charge in [0.05, 0.1) is 12.7 Å². The molecule has 0 spiro atoms. The highest BCUT2D eigenvalue weighted by molar-refractivity contribution is 7.80. The zero-order chi connectivity index (χ0) is 15.1. The maximum atomic E-state index is 6.01. The molecule has 0 amide bonds. The van der Waals surface area contributed by atoms with Crippen LogP contribution in [0, 0.1) is 0 Å². The Bertz CT molecular complexity index is 243. The van der Waals surface area contributed by atoms with Gasteiger partial charge in [0.2, 0.25) is 0 Å². The summed E-state index contributed by atoms with van der Waals surface area (Å²) in [6.07, 6.45) is 0.160. The Hall–Kier alpha value is -0.0131. The fourth-order valence-electron chi connectivity index (χ4n) is 1.66. The van der Waals surface area contributed by atoms with Crippen molar-refractivity contribution in [2.24, 2.45) is 0 Å². The highest BCUT2D eigenvalue weighted by atomic mass is 32.1. The van der Waals surface area contributed by atoms with Crippen molar-refractivity contribution in [3.8, 4) is 0 Å². The van der Waals surface area contributed by atoms with Crippen molar-refractivity contribution < 1.29 is 18.0 Å². The summed E-state index contributed by atoms with van der Waals surface area (Å²) in [5, 5.41) is 0.529. The summed E-state index contributed by atoms with van der Waals surface area (Å²) in [4.78, 5) is 0. The van der Waals surface area contributed by atoms with E-state index in [0.717, 1.165) is 0 Å². The molecule has 0 aromatic carbocycles. The van der Waals surface area contributed by atoms with Crippen molar-refractivity contribution in [2.45, 2.75) is 72.8 Å². The molecular weight excluding hydrogens is 280 g/mol. The first-order valence-corrected chi connectivity index (χ1v) is 9.17. The van der Waals surface area contributed by atoms with E-state index in [1.165, 1.54) is 0 Å². The van der Waals surface area contributed by atoms with Gasteiger partial charge < -0.3 is 18.0 Å². The second-order valence-electron chi connectivity index (χ2n) is 5.27. The van der Waals surface area contributed by atoms with E-state index in [1.54, 1.807) is 6.92 Å². The van der Waals surface area contributed by atoms with Crippen LogP contribution in [0.25, 0.3) is 0 Å². The summed E-state index contributed by atoms with van der Waals surface area (Å²) in [6, 6.07) is 0.607. The molecule has 0 fully saturated rings. The average Bonchev–Trinajstić information content (AvgIpc) is 2.12. The Balaban J connectivity index is 4.82. The number of hydrogen-bond donors (Lipinski definition) is 0. The summed E-state index contributed by atoms with van der Waals surface area (Å²) in [5.41, 5.74) is 0. The molecule has 0 radical (unpaired) electrons. The van der Waals surface area contributed by atoms with Gasteiger partial charge >= 0.3 is 8.80 Å². The maximum Gasteiger partial charge on any atom is 0.505 e. The zero-order valence-electron chi connectivity index (χ0n) is 13.2. The van der Waals surface area contributed by atoms with Crippen LogP contribution < -0.4 is 0 Å². The van der Waals surface area contributed by atoms with Crippen LogP contribution in [0.15, 0.2) is 0 Å². The van der Waals surface area contributed by atoms with E-state index >= 15 is 0 Å². The fourth-order valence-corrected chi connectivity index (χ4v) is 4.77. The van der Waals surface area contributed by atoms with Crippen LogP contribution in [0.2, 0.25) is 6.04 Å². The van der Waals surface area contributed by atoms with Gasteiger partial charge in [-0.25, -0.2) is 0 Å². The molecule has 0 aliphatic heterocycles. The first-order chi connectivity index (χ1) is 8.67. The van der Waals surface area contributed by atoms with Crippen molar-refractivity contribution in [3.63, 3.8) is 0 Å². The van der Waals surface area contributed by atoms with Gasteiger partial charge in [-0.05, 0) is 53.8 Å². The molecule has 19 heavy (non-hydrogen) atoms. The summed E-state index contributed by atoms with van der Waals surface area (Å²) < 4.78 is 23.4. The van der Waals surface area contributed by atoms with E-state index in [4.69, 9.17) is 30.2 Å². The quantitative estimate of drug-likeness (QED) is 0.481. The third-order valence-electron chi connectivity index (χ3n) is 1.96. The molecule has 0 atom stereocenters. The second kappa shape index (κ2) is 9.02. The largest absolute Gasteiger partial charge is 0.505 e. The molecule has 0 N–H and O–H groups in total. The van der Waals surface area contributed by atoms with Gasteiger partial charge in [0.25, 0.3) is 0 Å². The Kier molecular flexibility index (Phi) is 9.01. The van der Waals surface area contributed by atoms with Crippen LogP contribution in [-0.2, 0) is 18.0 Å².